The van der Waals surface area contributed by atoms with Crippen LogP contribution >= 0.6 is 23.4 Å². The van der Waals surface area contributed by atoms with Gasteiger partial charge in [-0.25, -0.2) is 0 Å². The lowest BCUT2D eigenvalue weighted by atomic mass is 10.1. The Hall–Kier alpha value is -1.26. The van der Waals surface area contributed by atoms with Gasteiger partial charge in [-0.2, -0.15) is 0 Å². The molecular weight excluding hydrogens is 254 g/mol. The predicted octanol–water partition coefficient (Wildman–Crippen LogP) is 3.15. The summed E-state index contributed by atoms with van der Waals surface area (Å²) in [5.74, 6) is 0.965. The van der Waals surface area contributed by atoms with Crippen LogP contribution in [-0.4, -0.2) is 21.0 Å². The first-order valence-electron chi connectivity index (χ1n) is 5.21. The van der Waals surface area contributed by atoms with E-state index in [2.05, 4.69) is 22.3 Å². The van der Waals surface area contributed by atoms with E-state index in [1.165, 1.54) is 5.56 Å². The van der Waals surface area contributed by atoms with Crippen molar-refractivity contribution in [1.82, 2.24) is 14.8 Å². The van der Waals surface area contributed by atoms with Gasteiger partial charge in [0.25, 0.3) is 0 Å². The lowest BCUT2D eigenvalue weighted by Gasteiger charge is -2.04. The van der Waals surface area contributed by atoms with Crippen molar-refractivity contribution in [3.05, 3.63) is 46.5 Å². The van der Waals surface area contributed by atoms with Crippen LogP contribution in [0.1, 0.15) is 17.0 Å². The minimum absolute atomic E-state index is 0.762. The smallest absolute Gasteiger partial charge is 0.142 e. The fourth-order valence-corrected chi connectivity index (χ4v) is 2.73. The lowest BCUT2D eigenvalue weighted by molar-refractivity contribution is 0.935. The third kappa shape index (κ3) is 1.87. The van der Waals surface area contributed by atoms with Crippen molar-refractivity contribution in [2.24, 2.45) is 0 Å². The van der Waals surface area contributed by atoms with E-state index in [0.29, 0.717) is 0 Å². The Morgan fingerprint density at radius 3 is 3.12 bits per heavy atom. The van der Waals surface area contributed by atoms with Gasteiger partial charge >= 0.3 is 0 Å². The SMILES string of the molecule is CSC1=Cc2cc(Cl)ccc2Cc2nncn21. The Bertz CT molecular complexity index is 604. The Kier molecular flexibility index (Phi) is 2.68. The highest BCUT2D eigenvalue weighted by Crippen LogP contribution is 2.30. The molecule has 0 spiro atoms. The molecule has 0 N–H and O–H groups in total. The molecule has 1 aliphatic heterocycles. The average Bonchev–Trinajstić information content (AvgIpc) is 2.72. The summed E-state index contributed by atoms with van der Waals surface area (Å²) in [5, 5.41) is 10.0. The van der Waals surface area contributed by atoms with Gasteiger partial charge in [0.2, 0.25) is 0 Å². The van der Waals surface area contributed by atoms with Gasteiger partial charge in [0.1, 0.15) is 12.2 Å². The van der Waals surface area contributed by atoms with Gasteiger partial charge in [-0.05, 0) is 35.6 Å². The Morgan fingerprint density at radius 1 is 1.41 bits per heavy atom. The quantitative estimate of drug-likeness (QED) is 0.792. The molecule has 2 aromatic rings. The number of benzene rings is 1. The number of fused-ring (bicyclic) bond motifs is 2. The van der Waals surface area contributed by atoms with Crippen LogP contribution in [0.5, 0.6) is 0 Å². The summed E-state index contributed by atoms with van der Waals surface area (Å²) in [6, 6.07) is 5.96. The standard InChI is InChI=1S/C12H10ClN3S/c1-17-12-6-9-4-10(13)3-2-8(9)5-11-15-14-7-16(11)12/h2-4,6-7H,5H2,1H3. The Morgan fingerprint density at radius 2 is 2.29 bits per heavy atom. The first-order chi connectivity index (χ1) is 8.28. The molecule has 0 saturated heterocycles. The molecule has 3 nitrogen and oxygen atoms in total. The molecule has 0 amide bonds. The molecule has 17 heavy (non-hydrogen) atoms. The predicted molar refractivity (Wildman–Crippen MR) is 72.0 cm³/mol. The summed E-state index contributed by atoms with van der Waals surface area (Å²) in [7, 11) is 0. The molecule has 0 radical (unpaired) electrons. The van der Waals surface area contributed by atoms with E-state index in [9.17, 15) is 0 Å². The van der Waals surface area contributed by atoms with Gasteiger partial charge in [-0.3, -0.25) is 4.57 Å². The molecule has 3 rings (SSSR count). The molecular formula is C12H10ClN3S. The maximum atomic E-state index is 6.04. The summed E-state index contributed by atoms with van der Waals surface area (Å²) >= 11 is 7.71. The van der Waals surface area contributed by atoms with Crippen LogP contribution in [0.3, 0.4) is 0 Å². The lowest BCUT2D eigenvalue weighted by Crippen LogP contribution is -1.98. The average molecular weight is 264 g/mol. The van der Waals surface area contributed by atoms with E-state index in [4.69, 9.17) is 11.6 Å². The second kappa shape index (κ2) is 4.20. The summed E-state index contributed by atoms with van der Waals surface area (Å²) in [6.45, 7) is 0. The first-order valence-corrected chi connectivity index (χ1v) is 6.81. The maximum absolute atomic E-state index is 6.04. The zero-order chi connectivity index (χ0) is 11.8. The second-order valence-corrected chi connectivity index (χ2v) is 5.09. The van der Waals surface area contributed by atoms with Crippen molar-refractivity contribution in [3.8, 4) is 0 Å². The molecule has 5 heteroatoms. The van der Waals surface area contributed by atoms with Gasteiger partial charge < -0.3 is 0 Å². The van der Waals surface area contributed by atoms with Crippen LogP contribution in [0, 0.1) is 0 Å². The van der Waals surface area contributed by atoms with Crippen molar-refractivity contribution in [3.63, 3.8) is 0 Å². The summed E-state index contributed by atoms with van der Waals surface area (Å²) in [6.07, 6.45) is 6.72. The highest BCUT2D eigenvalue weighted by Gasteiger charge is 2.15. The Balaban J connectivity index is 2.22. The number of halogens is 1. The van der Waals surface area contributed by atoms with Crippen LogP contribution in [0.15, 0.2) is 24.5 Å². The van der Waals surface area contributed by atoms with E-state index in [0.717, 1.165) is 27.9 Å². The van der Waals surface area contributed by atoms with Gasteiger partial charge in [-0.15, -0.1) is 22.0 Å². The molecule has 86 valence electrons. The molecule has 0 saturated carbocycles. The maximum Gasteiger partial charge on any atom is 0.142 e. The second-order valence-electron chi connectivity index (χ2n) is 3.82. The normalized spacial score (nSPS) is 13.6. The minimum atomic E-state index is 0.762. The Labute approximate surface area is 109 Å². The molecule has 0 fully saturated rings. The molecule has 0 unspecified atom stereocenters. The third-order valence-corrected chi connectivity index (χ3v) is 3.77. The van der Waals surface area contributed by atoms with Crippen molar-refractivity contribution >= 4 is 34.5 Å². The topological polar surface area (TPSA) is 30.7 Å². The van der Waals surface area contributed by atoms with Gasteiger partial charge in [0.15, 0.2) is 0 Å². The van der Waals surface area contributed by atoms with Crippen LogP contribution < -0.4 is 0 Å². The number of hydrogen-bond donors (Lipinski definition) is 0. The van der Waals surface area contributed by atoms with Crippen LogP contribution in [0.25, 0.3) is 11.1 Å². The molecule has 1 aliphatic rings. The van der Waals surface area contributed by atoms with Gasteiger partial charge in [-0.1, -0.05) is 17.7 Å². The number of thioether (sulfide) groups is 1. The van der Waals surface area contributed by atoms with E-state index in [1.54, 1.807) is 18.1 Å². The molecule has 2 heterocycles. The molecule has 0 aliphatic carbocycles. The van der Waals surface area contributed by atoms with Crippen LogP contribution in [-0.2, 0) is 6.42 Å². The fourth-order valence-electron chi connectivity index (χ4n) is 1.95. The van der Waals surface area contributed by atoms with E-state index < -0.39 is 0 Å². The molecule has 1 aromatic heterocycles. The first kappa shape index (κ1) is 10.9. The van der Waals surface area contributed by atoms with Crippen LogP contribution in [0.2, 0.25) is 5.02 Å². The zero-order valence-corrected chi connectivity index (χ0v) is 10.8. The van der Waals surface area contributed by atoms with E-state index in [-0.39, 0.29) is 0 Å². The molecule has 0 bridgehead atoms. The highest BCUT2D eigenvalue weighted by molar-refractivity contribution is 8.07. The van der Waals surface area contributed by atoms with Gasteiger partial charge in [0.05, 0.1) is 5.03 Å². The fraction of sp³-hybridized carbons (Fsp3) is 0.167. The number of rotatable bonds is 1. The van der Waals surface area contributed by atoms with Crippen molar-refractivity contribution < 1.29 is 0 Å². The number of nitrogens with zero attached hydrogens (tertiary/aromatic N) is 3. The zero-order valence-electron chi connectivity index (χ0n) is 9.22. The summed E-state index contributed by atoms with van der Waals surface area (Å²) in [4.78, 5) is 0. The molecule has 1 aromatic carbocycles. The van der Waals surface area contributed by atoms with Crippen molar-refractivity contribution in [2.75, 3.05) is 6.26 Å². The minimum Gasteiger partial charge on any atom is -0.279 e. The van der Waals surface area contributed by atoms with E-state index in [1.807, 2.05) is 23.0 Å². The molecule has 0 atom stereocenters. The van der Waals surface area contributed by atoms with Crippen molar-refractivity contribution in [2.45, 2.75) is 6.42 Å². The largest absolute Gasteiger partial charge is 0.279 e. The number of aromatic nitrogens is 3. The van der Waals surface area contributed by atoms with Crippen LogP contribution in [0.4, 0.5) is 0 Å². The van der Waals surface area contributed by atoms with Crippen molar-refractivity contribution in [1.29, 1.82) is 0 Å². The summed E-state index contributed by atoms with van der Waals surface area (Å²) < 4.78 is 2.03. The third-order valence-electron chi connectivity index (χ3n) is 2.80. The van der Waals surface area contributed by atoms with Gasteiger partial charge in [0, 0.05) is 11.4 Å². The number of hydrogen-bond acceptors (Lipinski definition) is 3. The monoisotopic (exact) mass is 263 g/mol. The highest BCUT2D eigenvalue weighted by atomic mass is 35.5. The van der Waals surface area contributed by atoms with E-state index >= 15 is 0 Å². The summed E-state index contributed by atoms with van der Waals surface area (Å²) in [5.41, 5.74) is 2.39.